The zero-order valence-electron chi connectivity index (χ0n) is 10.1. The molecule has 2 aliphatic rings. The van der Waals surface area contributed by atoms with E-state index in [1.807, 2.05) is 0 Å². The highest BCUT2D eigenvalue weighted by Gasteiger charge is 2.23. The molecule has 3 N–H and O–H groups in total. The monoisotopic (exact) mass is 239 g/mol. The Bertz CT molecular complexity index is 285. The fourth-order valence-corrected chi connectivity index (χ4v) is 1.57. The maximum Gasteiger partial charge on any atom is 0.233 e. The van der Waals surface area contributed by atoms with Crippen molar-refractivity contribution in [2.24, 2.45) is 5.92 Å². The van der Waals surface area contributed by atoms with Crippen molar-refractivity contribution in [1.29, 1.82) is 0 Å². The van der Waals surface area contributed by atoms with E-state index in [-0.39, 0.29) is 11.8 Å². The second kappa shape index (κ2) is 6.00. The third-order valence-electron chi connectivity index (χ3n) is 3.04. The Labute approximate surface area is 102 Å². The summed E-state index contributed by atoms with van der Waals surface area (Å²) in [6, 6.07) is 0.421. The first-order valence-electron chi connectivity index (χ1n) is 6.51. The van der Waals surface area contributed by atoms with Gasteiger partial charge in [-0.05, 0) is 31.6 Å². The van der Waals surface area contributed by atoms with Crippen molar-refractivity contribution in [3.8, 4) is 0 Å². The van der Waals surface area contributed by atoms with Gasteiger partial charge in [0.05, 0.1) is 6.54 Å². The van der Waals surface area contributed by atoms with Gasteiger partial charge in [0, 0.05) is 25.6 Å². The first kappa shape index (κ1) is 12.4. The normalized spacial score (nSPS) is 18.8. The zero-order valence-corrected chi connectivity index (χ0v) is 10.1. The van der Waals surface area contributed by atoms with E-state index in [0.717, 1.165) is 19.4 Å². The topological polar surface area (TPSA) is 70.2 Å². The van der Waals surface area contributed by atoms with E-state index >= 15 is 0 Å². The predicted molar refractivity (Wildman–Crippen MR) is 64.4 cm³/mol. The third kappa shape index (κ3) is 5.68. The smallest absolute Gasteiger partial charge is 0.233 e. The number of nitrogens with one attached hydrogen (secondary N) is 3. The largest absolute Gasteiger partial charge is 0.355 e. The molecule has 0 aromatic carbocycles. The molecule has 17 heavy (non-hydrogen) atoms. The van der Waals surface area contributed by atoms with E-state index < -0.39 is 0 Å². The maximum absolute atomic E-state index is 11.3. The molecule has 0 bridgehead atoms. The number of amides is 2. The van der Waals surface area contributed by atoms with E-state index in [9.17, 15) is 9.59 Å². The van der Waals surface area contributed by atoms with E-state index in [0.29, 0.717) is 31.5 Å². The van der Waals surface area contributed by atoms with Crippen LogP contribution in [0.4, 0.5) is 0 Å². The van der Waals surface area contributed by atoms with E-state index in [1.54, 1.807) is 0 Å². The quantitative estimate of drug-likeness (QED) is 0.512. The summed E-state index contributed by atoms with van der Waals surface area (Å²) in [4.78, 5) is 22.6. The van der Waals surface area contributed by atoms with Crippen LogP contribution in [0.5, 0.6) is 0 Å². The second-order valence-corrected chi connectivity index (χ2v) is 5.02. The lowest BCUT2D eigenvalue weighted by atomic mass is 10.3. The molecule has 5 nitrogen and oxygen atoms in total. The number of carbonyl (C=O) groups is 2. The van der Waals surface area contributed by atoms with Gasteiger partial charge in [-0.3, -0.25) is 9.59 Å². The minimum atomic E-state index is 0.0273. The van der Waals surface area contributed by atoms with E-state index in [4.69, 9.17) is 0 Å². The summed E-state index contributed by atoms with van der Waals surface area (Å²) in [6.07, 6.45) is 5.17. The fraction of sp³-hybridized carbons (Fsp3) is 0.833. The highest BCUT2D eigenvalue weighted by atomic mass is 16.2. The summed E-state index contributed by atoms with van der Waals surface area (Å²) in [6.45, 7) is 1.68. The number of rotatable bonds is 8. The summed E-state index contributed by atoms with van der Waals surface area (Å²) in [5, 5.41) is 8.76. The molecule has 0 aliphatic heterocycles. The molecule has 0 unspecified atom stereocenters. The van der Waals surface area contributed by atoms with Crippen LogP contribution in [0, 0.1) is 5.92 Å². The Kier molecular flexibility index (Phi) is 4.36. The van der Waals surface area contributed by atoms with Gasteiger partial charge in [-0.2, -0.15) is 0 Å². The molecule has 0 aromatic rings. The highest BCUT2D eigenvalue weighted by Crippen LogP contribution is 2.27. The van der Waals surface area contributed by atoms with Crippen molar-refractivity contribution in [2.75, 3.05) is 19.6 Å². The average molecular weight is 239 g/mol. The zero-order chi connectivity index (χ0) is 12.1. The molecular weight excluding hydrogens is 218 g/mol. The Balaban J connectivity index is 1.41. The molecule has 2 fully saturated rings. The molecule has 96 valence electrons. The molecule has 0 spiro atoms. The van der Waals surface area contributed by atoms with Crippen LogP contribution in [0.15, 0.2) is 0 Å². The molecule has 0 saturated heterocycles. The number of hydrogen-bond donors (Lipinski definition) is 3. The van der Waals surface area contributed by atoms with Crippen molar-refractivity contribution >= 4 is 11.8 Å². The molecular formula is C12H21N3O2. The Morgan fingerprint density at radius 1 is 1.06 bits per heavy atom. The van der Waals surface area contributed by atoms with Gasteiger partial charge >= 0.3 is 0 Å². The van der Waals surface area contributed by atoms with Crippen molar-refractivity contribution in [2.45, 2.75) is 38.1 Å². The summed E-state index contributed by atoms with van der Waals surface area (Å²) in [5.41, 5.74) is 0. The summed E-state index contributed by atoms with van der Waals surface area (Å²) >= 11 is 0. The molecule has 2 saturated carbocycles. The van der Waals surface area contributed by atoms with Crippen molar-refractivity contribution in [1.82, 2.24) is 16.0 Å². The SMILES string of the molecule is O=C(CNCCC(=O)NC1CC1)NCC1CC1. The van der Waals surface area contributed by atoms with Crippen LogP contribution in [0.1, 0.15) is 32.1 Å². The molecule has 0 heterocycles. The summed E-state index contributed by atoms with van der Waals surface area (Å²) < 4.78 is 0. The van der Waals surface area contributed by atoms with Crippen LogP contribution in [0.25, 0.3) is 0 Å². The lowest BCUT2D eigenvalue weighted by Gasteiger charge is -2.06. The molecule has 2 rings (SSSR count). The first-order valence-corrected chi connectivity index (χ1v) is 6.51. The van der Waals surface area contributed by atoms with Gasteiger partial charge < -0.3 is 16.0 Å². The summed E-state index contributed by atoms with van der Waals surface area (Å²) in [7, 11) is 0. The molecule has 0 atom stereocenters. The minimum absolute atomic E-state index is 0.0273. The molecule has 0 radical (unpaired) electrons. The highest BCUT2D eigenvalue weighted by molar-refractivity contribution is 5.78. The van der Waals surface area contributed by atoms with Gasteiger partial charge in [-0.15, -0.1) is 0 Å². The minimum Gasteiger partial charge on any atom is -0.355 e. The lowest BCUT2D eigenvalue weighted by Crippen LogP contribution is -2.36. The van der Waals surface area contributed by atoms with Gasteiger partial charge in [0.25, 0.3) is 0 Å². The standard InChI is InChI=1S/C12H21N3O2/c16-11(15-10-3-4-10)5-6-13-8-12(17)14-7-9-1-2-9/h9-10,13H,1-8H2,(H,14,17)(H,15,16). The van der Waals surface area contributed by atoms with Crippen molar-refractivity contribution in [3.05, 3.63) is 0 Å². The average Bonchev–Trinajstić information content (AvgIpc) is 3.14. The molecule has 2 amide bonds. The molecule has 0 aromatic heterocycles. The summed E-state index contributed by atoms with van der Waals surface area (Å²) in [5.74, 6) is 0.821. The first-order chi connectivity index (χ1) is 8.24. The third-order valence-corrected chi connectivity index (χ3v) is 3.04. The number of carbonyl (C=O) groups excluding carboxylic acids is 2. The van der Waals surface area contributed by atoms with Gasteiger partial charge in [-0.25, -0.2) is 0 Å². The van der Waals surface area contributed by atoms with Crippen LogP contribution in [-0.2, 0) is 9.59 Å². The van der Waals surface area contributed by atoms with Crippen LogP contribution in [-0.4, -0.2) is 37.5 Å². The van der Waals surface area contributed by atoms with Crippen LogP contribution in [0.2, 0.25) is 0 Å². The number of hydrogen-bond acceptors (Lipinski definition) is 3. The van der Waals surface area contributed by atoms with Crippen LogP contribution < -0.4 is 16.0 Å². The Morgan fingerprint density at radius 2 is 1.82 bits per heavy atom. The van der Waals surface area contributed by atoms with Gasteiger partial charge in [0.15, 0.2) is 0 Å². The predicted octanol–water partition coefficient (Wildman–Crippen LogP) is -0.229. The van der Waals surface area contributed by atoms with E-state index in [1.165, 1.54) is 12.8 Å². The van der Waals surface area contributed by atoms with Gasteiger partial charge in [0.1, 0.15) is 0 Å². The van der Waals surface area contributed by atoms with Gasteiger partial charge in [-0.1, -0.05) is 0 Å². The maximum atomic E-state index is 11.3. The molecule has 5 heteroatoms. The Hall–Kier alpha value is -1.10. The van der Waals surface area contributed by atoms with Gasteiger partial charge in [0.2, 0.25) is 11.8 Å². The Morgan fingerprint density at radius 3 is 2.47 bits per heavy atom. The van der Waals surface area contributed by atoms with Crippen LogP contribution in [0.3, 0.4) is 0 Å². The van der Waals surface area contributed by atoms with Crippen molar-refractivity contribution in [3.63, 3.8) is 0 Å². The fourth-order valence-electron chi connectivity index (χ4n) is 1.57. The van der Waals surface area contributed by atoms with Crippen LogP contribution >= 0.6 is 0 Å². The van der Waals surface area contributed by atoms with E-state index in [2.05, 4.69) is 16.0 Å². The molecule has 2 aliphatic carbocycles. The van der Waals surface area contributed by atoms with Crippen molar-refractivity contribution < 1.29 is 9.59 Å². The second-order valence-electron chi connectivity index (χ2n) is 5.02. The lowest BCUT2D eigenvalue weighted by molar-refractivity contribution is -0.122.